The van der Waals surface area contributed by atoms with E-state index in [2.05, 4.69) is 44.0 Å². The van der Waals surface area contributed by atoms with Gasteiger partial charge in [0.05, 0.1) is 5.03 Å². The van der Waals surface area contributed by atoms with Crippen LogP contribution in [0.5, 0.6) is 0 Å². The highest BCUT2D eigenvalue weighted by Gasteiger charge is 2.18. The number of benzene rings is 1. The maximum atomic E-state index is 5.72. The summed E-state index contributed by atoms with van der Waals surface area (Å²) in [6.07, 6.45) is 3.67. The number of nitrogens with zero attached hydrogens (tertiary/aromatic N) is 1. The second-order valence-corrected chi connectivity index (χ2v) is 6.32. The highest BCUT2D eigenvalue weighted by Crippen LogP contribution is 2.34. The summed E-state index contributed by atoms with van der Waals surface area (Å²) in [4.78, 5) is 3.62. The van der Waals surface area contributed by atoms with E-state index in [1.54, 1.807) is 0 Å². The third kappa shape index (κ3) is 3.22. The second kappa shape index (κ2) is 5.70. The van der Waals surface area contributed by atoms with Crippen molar-refractivity contribution in [3.05, 3.63) is 35.4 Å². The predicted octanol–water partition coefficient (Wildman–Crippen LogP) is 3.81. The van der Waals surface area contributed by atoms with Gasteiger partial charge in [0.25, 0.3) is 0 Å². The minimum atomic E-state index is 0.645. The fraction of sp³-hybridized carbons (Fsp3) is 0.467. The third-order valence-corrected chi connectivity index (χ3v) is 4.87. The van der Waals surface area contributed by atoms with Crippen LogP contribution in [0.25, 0.3) is 0 Å². The molecule has 0 saturated heterocycles. The zero-order valence-corrected chi connectivity index (χ0v) is 12.2. The molecule has 98 valence electrons. The monoisotopic (exact) mass is 262 g/mol. The number of hydrogen-bond donors (Lipinski definition) is 1. The fourth-order valence-corrected chi connectivity index (χ4v) is 3.10. The molecule has 0 amide bonds. The minimum Gasteiger partial charge on any atom is -0.399 e. The number of hydrogen-bond acceptors (Lipinski definition) is 3. The van der Waals surface area contributed by atoms with Crippen LogP contribution in [0.15, 0.2) is 40.3 Å². The molecule has 1 aromatic carbocycles. The second-order valence-electron chi connectivity index (χ2n) is 5.22. The molecule has 18 heavy (non-hydrogen) atoms. The van der Waals surface area contributed by atoms with Crippen LogP contribution < -0.4 is 5.73 Å². The number of anilines is 1. The fourth-order valence-electron chi connectivity index (χ4n) is 2.06. The standard InChI is InChI=1S/C15H22N2S/c1-11-8-9-17(3)15(10-12(11)2)18-14-6-4-13(16)5-7-14/h4-7,10-12H,8-9,16H2,1-3H3/t11?,12-/m0/s1. The van der Waals surface area contributed by atoms with Gasteiger partial charge in [-0.25, -0.2) is 0 Å². The van der Waals surface area contributed by atoms with Crippen LogP contribution in [-0.2, 0) is 0 Å². The van der Waals surface area contributed by atoms with Crippen LogP contribution in [-0.4, -0.2) is 18.5 Å². The van der Waals surface area contributed by atoms with Crippen molar-refractivity contribution < 1.29 is 0 Å². The highest BCUT2D eigenvalue weighted by atomic mass is 32.2. The first-order chi connectivity index (χ1) is 8.56. The van der Waals surface area contributed by atoms with Gasteiger partial charge < -0.3 is 10.6 Å². The van der Waals surface area contributed by atoms with Crippen molar-refractivity contribution in [3.8, 4) is 0 Å². The predicted molar refractivity (Wildman–Crippen MR) is 80.4 cm³/mol. The van der Waals surface area contributed by atoms with Gasteiger partial charge in [0.1, 0.15) is 0 Å². The summed E-state index contributed by atoms with van der Waals surface area (Å²) >= 11 is 1.83. The maximum absolute atomic E-state index is 5.72. The van der Waals surface area contributed by atoms with E-state index >= 15 is 0 Å². The average molecular weight is 262 g/mol. The van der Waals surface area contributed by atoms with Gasteiger partial charge in [-0.05, 0) is 42.5 Å². The maximum Gasteiger partial charge on any atom is 0.0715 e. The number of thioether (sulfide) groups is 1. The summed E-state index contributed by atoms with van der Waals surface area (Å²) < 4.78 is 0. The van der Waals surface area contributed by atoms with Gasteiger partial charge in [0, 0.05) is 24.2 Å². The Kier molecular flexibility index (Phi) is 4.23. The Balaban J connectivity index is 2.15. The lowest BCUT2D eigenvalue weighted by atomic mass is 9.94. The summed E-state index contributed by atoms with van der Waals surface area (Å²) in [5.41, 5.74) is 6.54. The number of allylic oxidation sites excluding steroid dienone is 1. The summed E-state index contributed by atoms with van der Waals surface area (Å²) in [6.45, 7) is 5.79. The van der Waals surface area contributed by atoms with Crippen LogP contribution in [0, 0.1) is 11.8 Å². The Bertz CT molecular complexity index is 425. The number of nitrogen functional groups attached to an aromatic ring is 1. The van der Waals surface area contributed by atoms with E-state index in [0.717, 1.165) is 18.2 Å². The molecule has 1 heterocycles. The molecule has 0 bridgehead atoms. The lowest BCUT2D eigenvalue weighted by Crippen LogP contribution is -2.16. The molecule has 2 nitrogen and oxygen atoms in total. The van der Waals surface area contributed by atoms with Crippen molar-refractivity contribution in [2.75, 3.05) is 19.3 Å². The van der Waals surface area contributed by atoms with Gasteiger partial charge >= 0.3 is 0 Å². The molecule has 0 aromatic heterocycles. The van der Waals surface area contributed by atoms with E-state index in [1.807, 2.05) is 23.9 Å². The Morgan fingerprint density at radius 2 is 1.89 bits per heavy atom. The Morgan fingerprint density at radius 1 is 1.22 bits per heavy atom. The first-order valence-electron chi connectivity index (χ1n) is 6.52. The lowest BCUT2D eigenvalue weighted by Gasteiger charge is -2.20. The zero-order chi connectivity index (χ0) is 13.1. The van der Waals surface area contributed by atoms with E-state index in [9.17, 15) is 0 Å². The van der Waals surface area contributed by atoms with E-state index in [0.29, 0.717) is 5.92 Å². The van der Waals surface area contributed by atoms with Crippen LogP contribution in [0.2, 0.25) is 0 Å². The van der Waals surface area contributed by atoms with Gasteiger partial charge in [0.2, 0.25) is 0 Å². The molecule has 0 fully saturated rings. The number of rotatable bonds is 2. The van der Waals surface area contributed by atoms with Crippen LogP contribution in [0.3, 0.4) is 0 Å². The van der Waals surface area contributed by atoms with Gasteiger partial charge in [-0.2, -0.15) is 0 Å². The molecular weight excluding hydrogens is 240 g/mol. The van der Waals surface area contributed by atoms with Crippen molar-refractivity contribution in [3.63, 3.8) is 0 Å². The normalized spacial score (nSPS) is 24.6. The van der Waals surface area contributed by atoms with E-state index in [-0.39, 0.29) is 0 Å². The molecular formula is C15H22N2S. The van der Waals surface area contributed by atoms with Gasteiger partial charge in [0.15, 0.2) is 0 Å². The molecule has 1 aliphatic heterocycles. The van der Waals surface area contributed by atoms with Gasteiger partial charge in [-0.3, -0.25) is 0 Å². The molecule has 1 unspecified atom stereocenters. The highest BCUT2D eigenvalue weighted by molar-refractivity contribution is 8.03. The largest absolute Gasteiger partial charge is 0.399 e. The molecule has 1 aromatic rings. The molecule has 2 rings (SSSR count). The van der Waals surface area contributed by atoms with Crippen LogP contribution in [0.1, 0.15) is 20.3 Å². The van der Waals surface area contributed by atoms with Gasteiger partial charge in [-0.1, -0.05) is 31.7 Å². The van der Waals surface area contributed by atoms with Crippen molar-refractivity contribution >= 4 is 17.4 Å². The summed E-state index contributed by atoms with van der Waals surface area (Å²) in [5.74, 6) is 1.41. The van der Waals surface area contributed by atoms with Crippen LogP contribution in [0.4, 0.5) is 5.69 Å². The van der Waals surface area contributed by atoms with Crippen molar-refractivity contribution in [2.45, 2.75) is 25.2 Å². The summed E-state index contributed by atoms with van der Waals surface area (Å²) in [5, 5.41) is 1.36. The van der Waals surface area contributed by atoms with Crippen molar-refractivity contribution in [1.82, 2.24) is 4.90 Å². The van der Waals surface area contributed by atoms with E-state index in [4.69, 9.17) is 5.73 Å². The summed E-state index contributed by atoms with van der Waals surface area (Å²) in [6, 6.07) is 8.11. The average Bonchev–Trinajstić information content (AvgIpc) is 2.47. The minimum absolute atomic E-state index is 0.645. The molecule has 0 saturated carbocycles. The molecule has 0 radical (unpaired) electrons. The Hall–Kier alpha value is -1.09. The molecule has 0 aliphatic carbocycles. The smallest absolute Gasteiger partial charge is 0.0715 e. The molecule has 0 spiro atoms. The van der Waals surface area contributed by atoms with Crippen LogP contribution >= 0.6 is 11.8 Å². The summed E-state index contributed by atoms with van der Waals surface area (Å²) in [7, 11) is 2.18. The third-order valence-electron chi connectivity index (χ3n) is 3.70. The molecule has 3 heteroatoms. The zero-order valence-electron chi connectivity index (χ0n) is 11.4. The van der Waals surface area contributed by atoms with Crippen molar-refractivity contribution in [1.29, 1.82) is 0 Å². The van der Waals surface area contributed by atoms with Crippen molar-refractivity contribution in [2.24, 2.45) is 11.8 Å². The SMILES string of the molecule is CC1CCN(C)C(Sc2ccc(N)cc2)=C[C@@H]1C. The Labute approximate surface area is 114 Å². The van der Waals surface area contributed by atoms with Gasteiger partial charge in [-0.15, -0.1) is 0 Å². The quantitative estimate of drug-likeness (QED) is 0.822. The van der Waals surface area contributed by atoms with E-state index < -0.39 is 0 Å². The molecule has 2 atom stereocenters. The lowest BCUT2D eigenvalue weighted by molar-refractivity contribution is 0.375. The van der Waals surface area contributed by atoms with E-state index in [1.165, 1.54) is 16.3 Å². The Morgan fingerprint density at radius 3 is 2.56 bits per heavy atom. The molecule has 2 N–H and O–H groups in total. The molecule has 1 aliphatic rings. The first-order valence-corrected chi connectivity index (χ1v) is 7.34. The topological polar surface area (TPSA) is 29.3 Å². The number of nitrogens with two attached hydrogens (primary N) is 1. The first kappa shape index (κ1) is 13.3.